The van der Waals surface area contributed by atoms with Gasteiger partial charge in [-0.3, -0.25) is 4.79 Å². The van der Waals surface area contributed by atoms with E-state index in [0.29, 0.717) is 31.9 Å². The number of nitrogens with one attached hydrogen (secondary N) is 1. The molecule has 0 aliphatic carbocycles. The number of ether oxygens (including phenoxy) is 2. The van der Waals surface area contributed by atoms with Gasteiger partial charge in [0.25, 0.3) is 0 Å². The predicted molar refractivity (Wildman–Crippen MR) is 77.1 cm³/mol. The molecule has 1 aromatic rings. The van der Waals surface area contributed by atoms with E-state index in [1.165, 1.54) is 0 Å². The van der Waals surface area contributed by atoms with Gasteiger partial charge in [-0.1, -0.05) is 5.16 Å². The van der Waals surface area contributed by atoms with Gasteiger partial charge in [-0.05, 0) is 33.1 Å². The number of hydrogen-bond acceptors (Lipinski definition) is 5. The molecule has 21 heavy (non-hydrogen) atoms. The molecule has 1 unspecified atom stereocenters. The van der Waals surface area contributed by atoms with Crippen LogP contribution in [0.15, 0.2) is 4.52 Å². The Bertz CT molecular complexity index is 433. The molecule has 118 valence electrons. The summed E-state index contributed by atoms with van der Waals surface area (Å²) in [4.78, 5) is 11.8. The first-order valence-corrected chi connectivity index (χ1v) is 7.54. The summed E-state index contributed by atoms with van der Waals surface area (Å²) in [6, 6.07) is 0. The smallest absolute Gasteiger partial charge is 0.224 e. The molecule has 1 saturated heterocycles. The normalized spacial score (nSPS) is 18.1. The van der Waals surface area contributed by atoms with E-state index >= 15 is 0 Å². The van der Waals surface area contributed by atoms with Crippen molar-refractivity contribution in [3.05, 3.63) is 17.0 Å². The second-order valence-electron chi connectivity index (χ2n) is 5.39. The summed E-state index contributed by atoms with van der Waals surface area (Å²) in [5, 5.41) is 6.73. The lowest BCUT2D eigenvalue weighted by Crippen LogP contribution is -2.27. The lowest BCUT2D eigenvalue weighted by molar-refractivity contribution is -0.120. The highest BCUT2D eigenvalue weighted by atomic mass is 16.5. The van der Waals surface area contributed by atoms with Crippen molar-refractivity contribution < 1.29 is 18.8 Å². The van der Waals surface area contributed by atoms with E-state index in [1.807, 2.05) is 13.8 Å². The number of aromatic nitrogens is 1. The third kappa shape index (κ3) is 5.13. The van der Waals surface area contributed by atoms with E-state index in [0.717, 1.165) is 37.1 Å². The van der Waals surface area contributed by atoms with E-state index in [2.05, 4.69) is 10.5 Å². The summed E-state index contributed by atoms with van der Waals surface area (Å²) in [5.41, 5.74) is 1.66. The predicted octanol–water partition coefficient (Wildman–Crippen LogP) is 1.54. The van der Waals surface area contributed by atoms with Crippen molar-refractivity contribution in [2.24, 2.45) is 0 Å². The monoisotopic (exact) mass is 296 g/mol. The number of rotatable bonds is 8. The minimum Gasteiger partial charge on any atom is -0.379 e. The van der Waals surface area contributed by atoms with Crippen molar-refractivity contribution in [2.45, 2.75) is 45.6 Å². The maximum Gasteiger partial charge on any atom is 0.224 e. The minimum atomic E-state index is -0.0106. The van der Waals surface area contributed by atoms with Gasteiger partial charge in [0.05, 0.1) is 24.8 Å². The van der Waals surface area contributed by atoms with Crippen LogP contribution in [0.3, 0.4) is 0 Å². The Morgan fingerprint density at radius 1 is 1.48 bits per heavy atom. The number of carbonyl (C=O) groups is 1. The summed E-state index contributed by atoms with van der Waals surface area (Å²) < 4.78 is 16.1. The summed E-state index contributed by atoms with van der Waals surface area (Å²) in [7, 11) is 0. The molecule has 1 N–H and O–H groups in total. The van der Waals surface area contributed by atoms with Crippen LogP contribution in [0.2, 0.25) is 0 Å². The number of aryl methyl sites for hydroxylation is 2. The van der Waals surface area contributed by atoms with Crippen molar-refractivity contribution in [1.82, 2.24) is 10.5 Å². The van der Waals surface area contributed by atoms with Crippen LogP contribution in [-0.4, -0.2) is 43.5 Å². The average Bonchev–Trinajstić information content (AvgIpc) is 3.08. The molecule has 2 heterocycles. The van der Waals surface area contributed by atoms with Crippen LogP contribution in [0, 0.1) is 13.8 Å². The zero-order valence-electron chi connectivity index (χ0n) is 12.8. The van der Waals surface area contributed by atoms with Crippen molar-refractivity contribution >= 4 is 5.91 Å². The van der Waals surface area contributed by atoms with Crippen LogP contribution in [0.5, 0.6) is 0 Å². The molecule has 0 saturated carbocycles. The summed E-state index contributed by atoms with van der Waals surface area (Å²) in [6.45, 7) is 6.44. The SMILES string of the molecule is Cc1noc(C)c1CC(=O)NCCCOCC1CCCO1. The Morgan fingerprint density at radius 2 is 2.33 bits per heavy atom. The summed E-state index contributed by atoms with van der Waals surface area (Å²) in [5.74, 6) is 0.700. The highest BCUT2D eigenvalue weighted by Gasteiger charge is 2.15. The average molecular weight is 296 g/mol. The molecule has 1 atom stereocenters. The first-order chi connectivity index (χ1) is 10.2. The van der Waals surface area contributed by atoms with Crippen LogP contribution in [0.25, 0.3) is 0 Å². The maximum absolute atomic E-state index is 11.8. The van der Waals surface area contributed by atoms with Crippen LogP contribution in [-0.2, 0) is 20.7 Å². The lowest BCUT2D eigenvalue weighted by Gasteiger charge is -2.10. The van der Waals surface area contributed by atoms with Gasteiger partial charge in [-0.2, -0.15) is 0 Å². The number of amides is 1. The van der Waals surface area contributed by atoms with Gasteiger partial charge in [0, 0.05) is 25.3 Å². The standard InChI is InChI=1S/C15H24N2O4/c1-11-14(12(2)21-17-11)9-15(18)16-6-4-7-19-10-13-5-3-8-20-13/h13H,3-10H2,1-2H3,(H,16,18). The van der Waals surface area contributed by atoms with Gasteiger partial charge in [0.1, 0.15) is 5.76 Å². The first-order valence-electron chi connectivity index (χ1n) is 7.54. The Kier molecular flexibility index (Phi) is 6.20. The lowest BCUT2D eigenvalue weighted by atomic mass is 10.1. The quantitative estimate of drug-likeness (QED) is 0.737. The van der Waals surface area contributed by atoms with E-state index < -0.39 is 0 Å². The van der Waals surface area contributed by atoms with E-state index in [9.17, 15) is 4.79 Å². The van der Waals surface area contributed by atoms with Crippen LogP contribution in [0.1, 0.15) is 36.3 Å². The Hall–Kier alpha value is -1.40. The van der Waals surface area contributed by atoms with Crippen LogP contribution < -0.4 is 5.32 Å². The van der Waals surface area contributed by atoms with Crippen molar-refractivity contribution in [2.75, 3.05) is 26.4 Å². The molecule has 0 aromatic carbocycles. The first kappa shape index (κ1) is 16.0. The molecule has 1 amide bonds. The van der Waals surface area contributed by atoms with Crippen molar-refractivity contribution in [1.29, 1.82) is 0 Å². The Labute approximate surface area is 125 Å². The highest BCUT2D eigenvalue weighted by Crippen LogP contribution is 2.13. The van der Waals surface area contributed by atoms with Gasteiger partial charge in [0.2, 0.25) is 5.91 Å². The molecule has 1 aromatic heterocycles. The van der Waals surface area contributed by atoms with Crippen molar-refractivity contribution in [3.8, 4) is 0 Å². The van der Waals surface area contributed by atoms with E-state index in [-0.39, 0.29) is 12.0 Å². The van der Waals surface area contributed by atoms with Crippen LogP contribution in [0.4, 0.5) is 0 Å². The minimum absolute atomic E-state index is 0.0106. The molecule has 6 heteroatoms. The Morgan fingerprint density at radius 3 is 3.00 bits per heavy atom. The second kappa shape index (κ2) is 8.14. The number of hydrogen-bond donors (Lipinski definition) is 1. The molecule has 1 aliphatic rings. The van der Waals surface area contributed by atoms with Gasteiger partial charge >= 0.3 is 0 Å². The molecular formula is C15H24N2O4. The van der Waals surface area contributed by atoms with Gasteiger partial charge in [-0.15, -0.1) is 0 Å². The molecule has 6 nitrogen and oxygen atoms in total. The summed E-state index contributed by atoms with van der Waals surface area (Å²) in [6.07, 6.45) is 3.61. The van der Waals surface area contributed by atoms with Gasteiger partial charge in [0.15, 0.2) is 0 Å². The fourth-order valence-electron chi connectivity index (χ4n) is 2.37. The summed E-state index contributed by atoms with van der Waals surface area (Å²) >= 11 is 0. The third-order valence-corrected chi connectivity index (χ3v) is 3.63. The molecule has 2 rings (SSSR count). The molecule has 0 spiro atoms. The molecule has 1 aliphatic heterocycles. The van der Waals surface area contributed by atoms with E-state index in [4.69, 9.17) is 14.0 Å². The third-order valence-electron chi connectivity index (χ3n) is 3.63. The second-order valence-corrected chi connectivity index (χ2v) is 5.39. The highest BCUT2D eigenvalue weighted by molar-refractivity contribution is 5.78. The fraction of sp³-hybridized carbons (Fsp3) is 0.733. The van der Waals surface area contributed by atoms with Crippen LogP contribution >= 0.6 is 0 Å². The number of carbonyl (C=O) groups excluding carboxylic acids is 1. The topological polar surface area (TPSA) is 73.6 Å². The largest absolute Gasteiger partial charge is 0.379 e. The van der Waals surface area contributed by atoms with Gasteiger partial charge < -0.3 is 19.3 Å². The van der Waals surface area contributed by atoms with E-state index in [1.54, 1.807) is 0 Å². The molecule has 0 radical (unpaired) electrons. The maximum atomic E-state index is 11.8. The van der Waals surface area contributed by atoms with Gasteiger partial charge in [-0.25, -0.2) is 0 Å². The molecule has 1 fully saturated rings. The molecular weight excluding hydrogens is 272 g/mol. The molecule has 0 bridgehead atoms. The Balaban J connectivity index is 1.53. The fourth-order valence-corrected chi connectivity index (χ4v) is 2.37. The van der Waals surface area contributed by atoms with Crippen molar-refractivity contribution in [3.63, 3.8) is 0 Å². The zero-order chi connectivity index (χ0) is 15.1. The zero-order valence-corrected chi connectivity index (χ0v) is 12.8. The number of nitrogens with zero attached hydrogens (tertiary/aromatic N) is 1.